The van der Waals surface area contributed by atoms with Crippen molar-refractivity contribution in [2.24, 2.45) is 5.92 Å². The van der Waals surface area contributed by atoms with Crippen LogP contribution in [0.4, 0.5) is 0 Å². The molecule has 4 nitrogen and oxygen atoms in total. The lowest BCUT2D eigenvalue weighted by Gasteiger charge is -2.20. The van der Waals surface area contributed by atoms with Crippen molar-refractivity contribution in [2.75, 3.05) is 26.4 Å². The first-order chi connectivity index (χ1) is 11.9. The number of fused-ring (bicyclic) bond motifs is 1. The van der Waals surface area contributed by atoms with Crippen LogP contribution < -0.4 is 14.8 Å². The van der Waals surface area contributed by atoms with Gasteiger partial charge in [-0.2, -0.15) is 0 Å². The summed E-state index contributed by atoms with van der Waals surface area (Å²) in [5.74, 6) is 2.22. The van der Waals surface area contributed by atoms with E-state index in [1.54, 1.807) is 0 Å². The SMILES string of the molecule is c1ccc([C@H]2OCC[C@@H]2CNCc2ccc3c(c2)OCCO3)cc1. The molecule has 24 heavy (non-hydrogen) atoms. The van der Waals surface area contributed by atoms with Crippen LogP contribution in [0.25, 0.3) is 0 Å². The van der Waals surface area contributed by atoms with Crippen molar-refractivity contribution in [3.8, 4) is 11.5 Å². The van der Waals surface area contributed by atoms with Crippen LogP contribution in [0.15, 0.2) is 48.5 Å². The van der Waals surface area contributed by atoms with E-state index < -0.39 is 0 Å². The van der Waals surface area contributed by atoms with Gasteiger partial charge in [0.25, 0.3) is 0 Å². The van der Waals surface area contributed by atoms with Gasteiger partial charge in [-0.25, -0.2) is 0 Å². The standard InChI is InChI=1S/C20H23NO3/c1-2-4-16(5-3-1)20-17(8-9-24-20)14-21-13-15-6-7-18-19(12-15)23-11-10-22-18/h1-7,12,17,20-21H,8-11,13-14H2/t17-,20-/m1/s1. The van der Waals surface area contributed by atoms with Crippen molar-refractivity contribution in [1.29, 1.82) is 0 Å². The molecule has 2 aromatic carbocycles. The van der Waals surface area contributed by atoms with Gasteiger partial charge in [0.1, 0.15) is 13.2 Å². The van der Waals surface area contributed by atoms with Gasteiger partial charge in [-0.1, -0.05) is 36.4 Å². The van der Waals surface area contributed by atoms with Crippen molar-refractivity contribution in [1.82, 2.24) is 5.32 Å². The summed E-state index contributed by atoms with van der Waals surface area (Å²) in [6, 6.07) is 16.7. The third-order valence-electron chi connectivity index (χ3n) is 4.68. The maximum atomic E-state index is 5.95. The Kier molecular flexibility index (Phi) is 4.67. The molecule has 0 aromatic heterocycles. The molecular formula is C20H23NO3. The topological polar surface area (TPSA) is 39.7 Å². The zero-order valence-corrected chi connectivity index (χ0v) is 13.7. The van der Waals surface area contributed by atoms with Crippen LogP contribution in [0.3, 0.4) is 0 Å². The summed E-state index contributed by atoms with van der Waals surface area (Å²) >= 11 is 0. The van der Waals surface area contributed by atoms with Gasteiger partial charge in [-0.05, 0) is 29.7 Å². The molecule has 0 aliphatic carbocycles. The lowest BCUT2D eigenvalue weighted by Crippen LogP contribution is -2.24. The maximum Gasteiger partial charge on any atom is 0.161 e. The molecule has 2 aliphatic heterocycles. The monoisotopic (exact) mass is 325 g/mol. The summed E-state index contributed by atoms with van der Waals surface area (Å²) in [5.41, 5.74) is 2.50. The largest absolute Gasteiger partial charge is 0.486 e. The summed E-state index contributed by atoms with van der Waals surface area (Å²) in [4.78, 5) is 0. The Morgan fingerprint density at radius 3 is 2.62 bits per heavy atom. The minimum atomic E-state index is 0.207. The van der Waals surface area contributed by atoms with Gasteiger partial charge < -0.3 is 19.5 Å². The minimum absolute atomic E-state index is 0.207. The number of ether oxygens (including phenoxy) is 3. The molecule has 4 heteroatoms. The first-order valence-electron chi connectivity index (χ1n) is 8.66. The van der Waals surface area contributed by atoms with E-state index >= 15 is 0 Å². The minimum Gasteiger partial charge on any atom is -0.486 e. The lowest BCUT2D eigenvalue weighted by atomic mass is 9.95. The molecule has 2 heterocycles. The number of hydrogen-bond donors (Lipinski definition) is 1. The summed E-state index contributed by atoms with van der Waals surface area (Å²) in [5, 5.41) is 3.57. The molecule has 0 saturated carbocycles. The predicted octanol–water partition coefficient (Wildman–Crippen LogP) is 3.33. The third kappa shape index (κ3) is 3.40. The van der Waals surface area contributed by atoms with Gasteiger partial charge in [-0.15, -0.1) is 0 Å². The Labute approximate surface area is 142 Å². The zero-order chi connectivity index (χ0) is 16.2. The number of hydrogen-bond acceptors (Lipinski definition) is 4. The van der Waals surface area contributed by atoms with Crippen LogP contribution in [0.2, 0.25) is 0 Å². The van der Waals surface area contributed by atoms with Crippen LogP contribution in [-0.4, -0.2) is 26.4 Å². The van der Waals surface area contributed by atoms with E-state index in [9.17, 15) is 0 Å². The van der Waals surface area contributed by atoms with E-state index in [4.69, 9.17) is 14.2 Å². The number of benzene rings is 2. The van der Waals surface area contributed by atoms with Crippen molar-refractivity contribution in [3.63, 3.8) is 0 Å². The van der Waals surface area contributed by atoms with Gasteiger partial charge in [0.15, 0.2) is 11.5 Å². The fraction of sp³-hybridized carbons (Fsp3) is 0.400. The molecule has 4 rings (SSSR count). The Balaban J connectivity index is 1.34. The van der Waals surface area contributed by atoms with Crippen LogP contribution in [-0.2, 0) is 11.3 Å². The average molecular weight is 325 g/mol. The molecule has 1 saturated heterocycles. The van der Waals surface area contributed by atoms with Gasteiger partial charge in [0.2, 0.25) is 0 Å². The fourth-order valence-corrected chi connectivity index (χ4v) is 3.45. The van der Waals surface area contributed by atoms with Gasteiger partial charge in [0, 0.05) is 25.6 Å². The summed E-state index contributed by atoms with van der Waals surface area (Å²) in [7, 11) is 0. The number of rotatable bonds is 5. The Morgan fingerprint density at radius 1 is 0.917 bits per heavy atom. The molecule has 0 bridgehead atoms. The highest BCUT2D eigenvalue weighted by Crippen LogP contribution is 2.34. The third-order valence-corrected chi connectivity index (χ3v) is 4.68. The van der Waals surface area contributed by atoms with Crippen LogP contribution in [0.1, 0.15) is 23.7 Å². The second kappa shape index (κ2) is 7.24. The first-order valence-corrected chi connectivity index (χ1v) is 8.66. The average Bonchev–Trinajstić information content (AvgIpc) is 3.11. The van der Waals surface area contributed by atoms with Crippen molar-refractivity contribution in [3.05, 3.63) is 59.7 Å². The molecule has 1 N–H and O–H groups in total. The Bertz CT molecular complexity index is 674. The van der Waals surface area contributed by atoms with Gasteiger partial charge in [0.05, 0.1) is 6.10 Å². The quantitative estimate of drug-likeness (QED) is 0.915. The van der Waals surface area contributed by atoms with Gasteiger partial charge >= 0.3 is 0 Å². The zero-order valence-electron chi connectivity index (χ0n) is 13.7. The second-order valence-electron chi connectivity index (χ2n) is 6.36. The maximum absolute atomic E-state index is 5.95. The van der Waals surface area contributed by atoms with Crippen molar-refractivity contribution < 1.29 is 14.2 Å². The molecule has 0 radical (unpaired) electrons. The first kappa shape index (κ1) is 15.5. The second-order valence-corrected chi connectivity index (χ2v) is 6.36. The van der Waals surface area contributed by atoms with Crippen molar-refractivity contribution >= 4 is 0 Å². The van der Waals surface area contributed by atoms with Crippen LogP contribution >= 0.6 is 0 Å². The van der Waals surface area contributed by atoms with Crippen LogP contribution in [0, 0.1) is 5.92 Å². The summed E-state index contributed by atoms with van der Waals surface area (Å²) < 4.78 is 17.2. The predicted molar refractivity (Wildman–Crippen MR) is 92.4 cm³/mol. The number of nitrogens with one attached hydrogen (secondary N) is 1. The fourth-order valence-electron chi connectivity index (χ4n) is 3.45. The van der Waals surface area contributed by atoms with E-state index in [-0.39, 0.29) is 6.10 Å². The highest BCUT2D eigenvalue weighted by molar-refractivity contribution is 5.43. The molecule has 2 atom stereocenters. The molecule has 0 spiro atoms. The molecule has 2 aromatic rings. The highest BCUT2D eigenvalue weighted by Gasteiger charge is 2.29. The molecule has 1 fully saturated rings. The summed E-state index contributed by atoms with van der Waals surface area (Å²) in [6.07, 6.45) is 1.31. The lowest BCUT2D eigenvalue weighted by molar-refractivity contribution is 0.0904. The molecule has 2 aliphatic rings. The molecule has 0 amide bonds. The van der Waals surface area contributed by atoms with Crippen LogP contribution in [0.5, 0.6) is 11.5 Å². The van der Waals surface area contributed by atoms with Crippen molar-refractivity contribution in [2.45, 2.75) is 19.1 Å². The van der Waals surface area contributed by atoms with E-state index in [0.29, 0.717) is 19.1 Å². The Morgan fingerprint density at radius 2 is 1.75 bits per heavy atom. The Hall–Kier alpha value is -2.04. The molecular weight excluding hydrogens is 302 g/mol. The normalized spacial score (nSPS) is 22.5. The smallest absolute Gasteiger partial charge is 0.161 e. The highest BCUT2D eigenvalue weighted by atomic mass is 16.6. The molecule has 0 unspecified atom stereocenters. The van der Waals surface area contributed by atoms with E-state index in [1.807, 2.05) is 12.1 Å². The summed E-state index contributed by atoms with van der Waals surface area (Å²) in [6.45, 7) is 3.88. The molecule has 126 valence electrons. The van der Waals surface area contributed by atoms with Gasteiger partial charge in [-0.3, -0.25) is 0 Å². The van der Waals surface area contributed by atoms with E-state index in [2.05, 4.69) is 41.7 Å². The van der Waals surface area contributed by atoms with E-state index in [1.165, 1.54) is 11.1 Å². The van der Waals surface area contributed by atoms with E-state index in [0.717, 1.165) is 37.6 Å².